The number of aliphatic hydroxyl groups excluding tert-OH is 1. The molecular formula is C37H65N2NaO8. The van der Waals surface area contributed by atoms with Crippen molar-refractivity contribution in [3.05, 3.63) is 59.2 Å². The number of hydrogen-bond donors (Lipinski definition) is 1. The second kappa shape index (κ2) is 20.1. The first-order chi connectivity index (χ1) is 20.6. The molecule has 0 radical (unpaired) electrons. The molecule has 2 fully saturated rings. The molecule has 11 heteroatoms. The third kappa shape index (κ3) is 15.7. The summed E-state index contributed by atoms with van der Waals surface area (Å²) in [6, 6.07) is 9.68. The van der Waals surface area contributed by atoms with Crippen molar-refractivity contribution in [2.24, 2.45) is 0 Å². The van der Waals surface area contributed by atoms with E-state index < -0.39 is 28.7 Å². The zero-order valence-electron chi connectivity index (χ0n) is 31.4. The molecule has 48 heavy (non-hydrogen) atoms. The van der Waals surface area contributed by atoms with Crippen molar-refractivity contribution < 1.29 is 69.4 Å². The fraction of sp³-hybridized carbons (Fsp3) is 0.676. The predicted octanol–water partition coefficient (Wildman–Crippen LogP) is 5.21. The first-order valence-corrected chi connectivity index (χ1v) is 15.5. The third-order valence-corrected chi connectivity index (χ3v) is 6.86. The standard InChI is InChI=1S/C21H31NO4.C14H25NO4.2CH4.Na.H/c1-16(13-24-14-17-10-8-7-9-11-17)12-18-15-25-21(5,6)22(18)19(23)26-20(2,3)4;1-10(8-16)7-11-9-18-14(5,6)15(11)12(17)19-13(2,3)4;;;;/h7-12,18H,13-15H2,1-6H3;7,11,16H,8-9H2,1-6H3;2*1H4;;/q;;;;+1;-1/b16-12+;10-7+;;;;/t18-;11-;;;;/m00..../s1. The van der Waals surface area contributed by atoms with Crippen LogP contribution in [-0.4, -0.2) is 88.3 Å². The number of aliphatic hydroxyl groups is 1. The molecule has 0 saturated carbocycles. The monoisotopic (exact) mass is 688 g/mol. The van der Waals surface area contributed by atoms with Crippen LogP contribution in [0.4, 0.5) is 9.59 Å². The van der Waals surface area contributed by atoms with Gasteiger partial charge in [0.15, 0.2) is 0 Å². The summed E-state index contributed by atoms with van der Waals surface area (Å²) in [5.74, 6) is 0. The minimum Gasteiger partial charge on any atom is -1.00 e. The van der Waals surface area contributed by atoms with Gasteiger partial charge in [0.05, 0.1) is 45.1 Å². The molecule has 1 aromatic carbocycles. The molecule has 0 unspecified atom stereocenters. The fourth-order valence-electron chi connectivity index (χ4n) is 4.91. The molecule has 2 heterocycles. The van der Waals surface area contributed by atoms with Crippen molar-refractivity contribution in [1.29, 1.82) is 0 Å². The Bertz CT molecular complexity index is 1190. The van der Waals surface area contributed by atoms with Gasteiger partial charge in [-0.1, -0.05) is 57.3 Å². The smallest absolute Gasteiger partial charge is 1.00 e. The maximum atomic E-state index is 12.6. The van der Waals surface area contributed by atoms with E-state index in [1.807, 2.05) is 126 Å². The van der Waals surface area contributed by atoms with Gasteiger partial charge in [-0.15, -0.1) is 0 Å². The minimum absolute atomic E-state index is 0. The molecule has 0 aliphatic carbocycles. The summed E-state index contributed by atoms with van der Waals surface area (Å²) < 4.78 is 28.2. The van der Waals surface area contributed by atoms with Gasteiger partial charge in [0.1, 0.15) is 22.7 Å². The van der Waals surface area contributed by atoms with E-state index in [0.29, 0.717) is 26.4 Å². The van der Waals surface area contributed by atoms with Gasteiger partial charge in [-0.25, -0.2) is 9.59 Å². The summed E-state index contributed by atoms with van der Waals surface area (Å²) in [5.41, 5.74) is 0.503. The van der Waals surface area contributed by atoms with Crippen molar-refractivity contribution in [3.63, 3.8) is 0 Å². The van der Waals surface area contributed by atoms with E-state index in [-0.39, 0.29) is 70.6 Å². The average molecular weight is 689 g/mol. The molecule has 2 amide bonds. The van der Waals surface area contributed by atoms with Crippen molar-refractivity contribution in [3.8, 4) is 0 Å². The molecule has 2 aliphatic rings. The zero-order valence-corrected chi connectivity index (χ0v) is 32.4. The molecule has 0 bridgehead atoms. The van der Waals surface area contributed by atoms with Crippen LogP contribution in [0, 0.1) is 0 Å². The number of ether oxygens (including phenoxy) is 5. The Morgan fingerprint density at radius 2 is 1.23 bits per heavy atom. The van der Waals surface area contributed by atoms with E-state index in [4.69, 9.17) is 28.8 Å². The number of nitrogens with zero attached hydrogens (tertiary/aromatic N) is 2. The Kier molecular flexibility index (Phi) is 20.1. The normalized spacial score (nSPS) is 20.4. The number of carbonyl (C=O) groups excluding carboxylic acids is 2. The van der Waals surface area contributed by atoms with Crippen LogP contribution in [0.25, 0.3) is 0 Å². The van der Waals surface area contributed by atoms with E-state index >= 15 is 0 Å². The number of carbonyl (C=O) groups is 2. The van der Waals surface area contributed by atoms with Gasteiger partial charge in [-0.05, 0) is 99.8 Å². The summed E-state index contributed by atoms with van der Waals surface area (Å²) >= 11 is 0. The molecule has 2 atom stereocenters. The van der Waals surface area contributed by atoms with Crippen LogP contribution in [0.2, 0.25) is 0 Å². The second-order valence-corrected chi connectivity index (χ2v) is 14.5. The minimum atomic E-state index is -0.709. The molecule has 10 nitrogen and oxygen atoms in total. The van der Waals surface area contributed by atoms with Gasteiger partial charge in [0.25, 0.3) is 0 Å². The second-order valence-electron chi connectivity index (χ2n) is 14.5. The number of benzene rings is 1. The molecule has 3 rings (SSSR count). The maximum absolute atomic E-state index is 12.6. The van der Waals surface area contributed by atoms with Crippen LogP contribution < -0.4 is 29.6 Å². The Morgan fingerprint density at radius 3 is 1.60 bits per heavy atom. The van der Waals surface area contributed by atoms with E-state index in [1.54, 1.807) is 9.80 Å². The van der Waals surface area contributed by atoms with Gasteiger partial charge in [0, 0.05) is 0 Å². The van der Waals surface area contributed by atoms with Crippen LogP contribution in [-0.2, 0) is 30.3 Å². The van der Waals surface area contributed by atoms with Gasteiger partial charge in [-0.2, -0.15) is 0 Å². The fourth-order valence-corrected chi connectivity index (χ4v) is 4.91. The van der Waals surface area contributed by atoms with Crippen molar-refractivity contribution in [2.45, 2.75) is 139 Å². The predicted molar refractivity (Wildman–Crippen MR) is 189 cm³/mol. The average Bonchev–Trinajstić information content (AvgIpc) is 3.36. The molecule has 2 aliphatic heterocycles. The Morgan fingerprint density at radius 1 is 0.833 bits per heavy atom. The zero-order chi connectivity index (χ0) is 34.2. The molecule has 1 N–H and O–H groups in total. The Hall–Kier alpha value is -1.92. The van der Waals surface area contributed by atoms with E-state index in [0.717, 1.165) is 16.7 Å². The van der Waals surface area contributed by atoms with Gasteiger partial charge < -0.3 is 30.2 Å². The molecular weight excluding hydrogens is 623 g/mol. The largest absolute Gasteiger partial charge is 1.00 e. The molecule has 0 spiro atoms. The van der Waals surface area contributed by atoms with Crippen LogP contribution in [0.5, 0.6) is 0 Å². The quantitative estimate of drug-likeness (QED) is 0.308. The Labute approximate surface area is 314 Å². The Balaban J connectivity index is -0.000000831. The van der Waals surface area contributed by atoms with Crippen molar-refractivity contribution >= 4 is 12.2 Å². The van der Waals surface area contributed by atoms with Gasteiger partial charge in [0.2, 0.25) is 0 Å². The van der Waals surface area contributed by atoms with E-state index in [2.05, 4.69) is 0 Å². The number of hydrogen-bond acceptors (Lipinski definition) is 8. The van der Waals surface area contributed by atoms with Gasteiger partial charge >= 0.3 is 41.7 Å². The van der Waals surface area contributed by atoms with E-state index in [9.17, 15) is 9.59 Å². The number of rotatable bonds is 7. The van der Waals surface area contributed by atoms with Crippen LogP contribution >= 0.6 is 0 Å². The summed E-state index contributed by atoms with van der Waals surface area (Å²) in [7, 11) is 0. The van der Waals surface area contributed by atoms with Crippen molar-refractivity contribution in [1.82, 2.24) is 9.80 Å². The molecule has 1 aromatic rings. The maximum Gasteiger partial charge on any atom is 1.00 e. The summed E-state index contributed by atoms with van der Waals surface area (Å²) in [4.78, 5) is 28.2. The summed E-state index contributed by atoms with van der Waals surface area (Å²) in [6.45, 7) is 24.2. The van der Waals surface area contributed by atoms with Crippen LogP contribution in [0.15, 0.2) is 53.6 Å². The van der Waals surface area contributed by atoms with Crippen LogP contribution in [0.1, 0.15) is 105 Å². The summed E-state index contributed by atoms with van der Waals surface area (Å²) in [5, 5.41) is 9.09. The molecule has 2 saturated heterocycles. The third-order valence-electron chi connectivity index (χ3n) is 6.86. The SMILES string of the molecule is C.C.C/C(=C\[C@H]1COC(C)(C)N1C(=O)OC(C)(C)C)CO.C/C(=C\[C@H]1COC(C)(C)N1C(=O)OC(C)(C)C)COCc1ccccc1.[H-].[Na+]. The van der Waals surface area contributed by atoms with Crippen LogP contribution in [0.3, 0.4) is 0 Å². The topological polar surface area (TPSA) is 107 Å². The molecule has 0 aromatic heterocycles. The van der Waals surface area contributed by atoms with Gasteiger partial charge in [-0.3, -0.25) is 9.80 Å². The molecule has 272 valence electrons. The first-order valence-electron chi connectivity index (χ1n) is 15.5. The van der Waals surface area contributed by atoms with Crippen molar-refractivity contribution in [2.75, 3.05) is 26.4 Å². The van der Waals surface area contributed by atoms with E-state index in [1.165, 1.54) is 0 Å². The summed E-state index contributed by atoms with van der Waals surface area (Å²) in [6.07, 6.45) is 3.11. The first kappa shape index (κ1) is 48.2. The number of amides is 2.